The fraction of sp³-hybridized carbons (Fsp3) is 0.316. The van der Waals surface area contributed by atoms with Gasteiger partial charge in [0.2, 0.25) is 0 Å². The van der Waals surface area contributed by atoms with Crippen LogP contribution in [-0.2, 0) is 6.54 Å². The van der Waals surface area contributed by atoms with Crippen LogP contribution in [0.3, 0.4) is 0 Å². The number of furan rings is 1. The largest absolute Gasteiger partial charge is 0.492 e. The second-order valence-corrected chi connectivity index (χ2v) is 6.12. The van der Waals surface area contributed by atoms with Crippen LogP contribution < -0.4 is 10.1 Å². The van der Waals surface area contributed by atoms with Gasteiger partial charge in [0.05, 0.1) is 18.3 Å². The van der Waals surface area contributed by atoms with Crippen LogP contribution in [0.2, 0.25) is 0 Å². The molecule has 3 rings (SSSR count). The minimum Gasteiger partial charge on any atom is -0.492 e. The Hall–Kier alpha value is -2.69. The fourth-order valence-electron chi connectivity index (χ4n) is 2.57. The van der Waals surface area contributed by atoms with E-state index in [1.165, 1.54) is 0 Å². The van der Waals surface area contributed by atoms with Crippen molar-refractivity contribution in [2.75, 3.05) is 13.2 Å². The van der Waals surface area contributed by atoms with Gasteiger partial charge >= 0.3 is 0 Å². The molecule has 3 aromatic rings. The normalized spacial score (nSPS) is 11.1. The van der Waals surface area contributed by atoms with Gasteiger partial charge in [-0.1, -0.05) is 32.0 Å². The maximum absolute atomic E-state index is 12.5. The number of carbonyl (C=O) groups excluding carboxylic acids is 1. The smallest absolute Gasteiger partial charge is 0.268 e. The third-order valence-corrected chi connectivity index (χ3v) is 3.75. The molecule has 24 heavy (non-hydrogen) atoms. The molecule has 5 heteroatoms. The molecule has 2 heterocycles. The summed E-state index contributed by atoms with van der Waals surface area (Å²) in [5.74, 6) is 1.13. The standard InChI is InChI=1S/C19H22N2O3/c1-14(2)13-20-19(22)17-12-18-16(8-10-24-18)21(17)9-11-23-15-6-4-3-5-7-15/h3-8,10,12,14H,9,11,13H2,1-2H3,(H,20,22). The highest BCUT2D eigenvalue weighted by Gasteiger charge is 2.17. The number of hydrogen-bond donors (Lipinski definition) is 1. The first-order valence-corrected chi connectivity index (χ1v) is 8.18. The van der Waals surface area contributed by atoms with E-state index in [1.54, 1.807) is 12.3 Å². The Morgan fingerprint density at radius 3 is 2.79 bits per heavy atom. The van der Waals surface area contributed by atoms with Gasteiger partial charge in [0.1, 0.15) is 18.1 Å². The third-order valence-electron chi connectivity index (χ3n) is 3.75. The van der Waals surface area contributed by atoms with Crippen LogP contribution in [0.5, 0.6) is 5.75 Å². The van der Waals surface area contributed by atoms with Gasteiger partial charge in [-0.25, -0.2) is 0 Å². The molecule has 2 aromatic heterocycles. The van der Waals surface area contributed by atoms with Gasteiger partial charge in [-0.3, -0.25) is 4.79 Å². The molecule has 0 aliphatic heterocycles. The van der Waals surface area contributed by atoms with E-state index in [-0.39, 0.29) is 5.91 Å². The van der Waals surface area contributed by atoms with Crippen molar-refractivity contribution in [2.45, 2.75) is 20.4 Å². The molecule has 1 aromatic carbocycles. The first kappa shape index (κ1) is 16.2. The number of rotatable bonds is 7. The van der Waals surface area contributed by atoms with E-state index in [4.69, 9.17) is 9.15 Å². The molecule has 0 unspecified atom stereocenters. The van der Waals surface area contributed by atoms with Crippen molar-refractivity contribution in [1.29, 1.82) is 0 Å². The zero-order valence-corrected chi connectivity index (χ0v) is 14.0. The van der Waals surface area contributed by atoms with Crippen molar-refractivity contribution in [3.05, 3.63) is 54.4 Å². The van der Waals surface area contributed by atoms with Crippen LogP contribution in [0, 0.1) is 5.92 Å². The molecule has 0 radical (unpaired) electrons. The zero-order chi connectivity index (χ0) is 16.9. The highest BCUT2D eigenvalue weighted by Crippen LogP contribution is 2.21. The van der Waals surface area contributed by atoms with E-state index in [9.17, 15) is 4.79 Å². The monoisotopic (exact) mass is 326 g/mol. The van der Waals surface area contributed by atoms with Crippen molar-refractivity contribution >= 4 is 17.0 Å². The van der Waals surface area contributed by atoms with Crippen LogP contribution in [0.15, 0.2) is 53.1 Å². The summed E-state index contributed by atoms with van der Waals surface area (Å²) in [7, 11) is 0. The van der Waals surface area contributed by atoms with Crippen molar-refractivity contribution < 1.29 is 13.9 Å². The summed E-state index contributed by atoms with van der Waals surface area (Å²) < 4.78 is 13.1. The van der Waals surface area contributed by atoms with Gasteiger partial charge in [-0.15, -0.1) is 0 Å². The summed E-state index contributed by atoms with van der Waals surface area (Å²) in [4.78, 5) is 12.5. The molecule has 126 valence electrons. The maximum Gasteiger partial charge on any atom is 0.268 e. The van der Waals surface area contributed by atoms with Crippen molar-refractivity contribution in [3.8, 4) is 5.75 Å². The Labute approximate surface area is 141 Å². The SMILES string of the molecule is CC(C)CNC(=O)c1cc2occc2n1CCOc1ccccc1. The third kappa shape index (κ3) is 3.62. The molecule has 5 nitrogen and oxygen atoms in total. The molecule has 0 spiro atoms. The van der Waals surface area contributed by atoms with Crippen molar-refractivity contribution in [2.24, 2.45) is 5.92 Å². The highest BCUT2D eigenvalue weighted by molar-refractivity contribution is 5.97. The first-order chi connectivity index (χ1) is 11.6. The zero-order valence-electron chi connectivity index (χ0n) is 14.0. The number of nitrogens with zero attached hydrogens (tertiary/aromatic N) is 1. The van der Waals surface area contributed by atoms with Crippen LogP contribution in [0.1, 0.15) is 24.3 Å². The summed E-state index contributed by atoms with van der Waals surface area (Å²) in [6.07, 6.45) is 1.63. The van der Waals surface area contributed by atoms with Gasteiger partial charge in [0, 0.05) is 18.7 Å². The molecular formula is C19H22N2O3. The summed E-state index contributed by atoms with van der Waals surface area (Å²) >= 11 is 0. The number of fused-ring (bicyclic) bond motifs is 1. The molecule has 0 bridgehead atoms. The van der Waals surface area contributed by atoms with E-state index in [2.05, 4.69) is 19.2 Å². The minimum absolute atomic E-state index is 0.0881. The molecular weight excluding hydrogens is 304 g/mol. The average molecular weight is 326 g/mol. The van der Waals surface area contributed by atoms with E-state index in [1.807, 2.05) is 41.0 Å². The number of para-hydroxylation sites is 1. The van der Waals surface area contributed by atoms with Crippen LogP contribution in [0.25, 0.3) is 11.1 Å². The molecule has 0 saturated heterocycles. The van der Waals surface area contributed by atoms with Crippen LogP contribution in [0.4, 0.5) is 0 Å². The van der Waals surface area contributed by atoms with Gasteiger partial charge < -0.3 is 19.0 Å². The lowest BCUT2D eigenvalue weighted by Gasteiger charge is -2.12. The summed E-state index contributed by atoms with van der Waals surface area (Å²) in [5, 5.41) is 2.96. The summed E-state index contributed by atoms with van der Waals surface area (Å²) in [6.45, 7) is 5.83. The summed E-state index contributed by atoms with van der Waals surface area (Å²) in [5.41, 5.74) is 2.22. The number of amides is 1. The van der Waals surface area contributed by atoms with E-state index in [0.29, 0.717) is 36.9 Å². The number of hydrogen-bond acceptors (Lipinski definition) is 3. The minimum atomic E-state index is -0.0881. The number of nitrogens with one attached hydrogen (secondary N) is 1. The highest BCUT2D eigenvalue weighted by atomic mass is 16.5. The van der Waals surface area contributed by atoms with Gasteiger partial charge in [0.25, 0.3) is 5.91 Å². The van der Waals surface area contributed by atoms with Crippen LogP contribution >= 0.6 is 0 Å². The molecule has 0 saturated carbocycles. The lowest BCUT2D eigenvalue weighted by molar-refractivity contribution is 0.0939. The van der Waals surface area contributed by atoms with Crippen molar-refractivity contribution in [3.63, 3.8) is 0 Å². The molecule has 1 N–H and O–H groups in total. The number of benzene rings is 1. The van der Waals surface area contributed by atoms with Gasteiger partial charge in [-0.05, 0) is 18.1 Å². The Bertz CT molecular complexity index is 803. The second-order valence-electron chi connectivity index (χ2n) is 6.12. The number of aromatic nitrogens is 1. The lowest BCUT2D eigenvalue weighted by Crippen LogP contribution is -2.29. The molecule has 0 aliphatic rings. The molecule has 0 aliphatic carbocycles. The Morgan fingerprint density at radius 1 is 1.25 bits per heavy atom. The Kier molecular flexibility index (Phi) is 4.89. The molecule has 1 amide bonds. The van der Waals surface area contributed by atoms with E-state index < -0.39 is 0 Å². The molecule has 0 fully saturated rings. The predicted octanol–water partition coefficient (Wildman–Crippen LogP) is 3.70. The van der Waals surface area contributed by atoms with Gasteiger partial charge in [-0.2, -0.15) is 0 Å². The quantitative estimate of drug-likeness (QED) is 0.720. The number of carbonyl (C=O) groups is 1. The molecule has 0 atom stereocenters. The van der Waals surface area contributed by atoms with E-state index in [0.717, 1.165) is 11.3 Å². The Balaban J connectivity index is 1.74. The topological polar surface area (TPSA) is 56.4 Å². The summed E-state index contributed by atoms with van der Waals surface area (Å²) in [6, 6.07) is 13.3. The van der Waals surface area contributed by atoms with Crippen molar-refractivity contribution in [1.82, 2.24) is 9.88 Å². The van der Waals surface area contributed by atoms with Crippen LogP contribution in [-0.4, -0.2) is 23.6 Å². The van der Waals surface area contributed by atoms with E-state index >= 15 is 0 Å². The number of ether oxygens (including phenoxy) is 1. The first-order valence-electron chi connectivity index (χ1n) is 8.18. The van der Waals surface area contributed by atoms with Gasteiger partial charge in [0.15, 0.2) is 5.58 Å². The lowest BCUT2D eigenvalue weighted by atomic mass is 10.2. The Morgan fingerprint density at radius 2 is 2.04 bits per heavy atom. The average Bonchev–Trinajstić information content (AvgIpc) is 3.16. The fourth-order valence-corrected chi connectivity index (χ4v) is 2.57. The maximum atomic E-state index is 12.5. The predicted molar refractivity (Wildman–Crippen MR) is 93.3 cm³/mol. The second kappa shape index (κ2) is 7.25.